The van der Waals surface area contributed by atoms with E-state index < -0.39 is 11.9 Å². The Bertz CT molecular complexity index is 1250. The van der Waals surface area contributed by atoms with E-state index in [1.807, 2.05) is 12.3 Å². The fourth-order valence-corrected chi connectivity index (χ4v) is 2.87. The third-order valence-corrected chi connectivity index (χ3v) is 4.37. The van der Waals surface area contributed by atoms with Gasteiger partial charge in [-0.05, 0) is 35.4 Å². The Balaban J connectivity index is 1.47. The van der Waals surface area contributed by atoms with Crippen molar-refractivity contribution in [3.8, 4) is 6.07 Å². The fourth-order valence-electron chi connectivity index (χ4n) is 2.87. The number of H-pyrrole nitrogens is 1. The molecule has 0 bridgehead atoms. The molecule has 4 aromatic heterocycles. The number of nitrogens with one attached hydrogen (secondary N) is 1. The summed E-state index contributed by atoms with van der Waals surface area (Å²) in [5.41, 5.74) is 2.62. The van der Waals surface area contributed by atoms with Gasteiger partial charge in [-0.15, -0.1) is 0 Å². The average Bonchev–Trinajstić information content (AvgIpc) is 3.15. The molecule has 0 aliphatic carbocycles. The van der Waals surface area contributed by atoms with Crippen molar-refractivity contribution in [3.63, 3.8) is 0 Å². The van der Waals surface area contributed by atoms with E-state index in [4.69, 9.17) is 5.26 Å². The molecular weight excluding hydrogens is 393 g/mol. The molecular formula is C21H13F3N6. The maximum atomic E-state index is 12.5. The Kier molecular flexibility index (Phi) is 4.98. The molecule has 0 aliphatic rings. The summed E-state index contributed by atoms with van der Waals surface area (Å²) in [5, 5.41) is 9.93. The van der Waals surface area contributed by atoms with Crippen LogP contribution in [0, 0.1) is 11.3 Å². The molecule has 0 amide bonds. The number of fused-ring (bicyclic) bond motifs is 1. The van der Waals surface area contributed by atoms with Gasteiger partial charge >= 0.3 is 6.18 Å². The minimum Gasteiger partial charge on any atom is -0.346 e. The minimum atomic E-state index is -4.47. The van der Waals surface area contributed by atoms with Crippen molar-refractivity contribution >= 4 is 23.1 Å². The lowest BCUT2D eigenvalue weighted by Gasteiger charge is -2.04. The molecule has 4 rings (SSSR count). The summed E-state index contributed by atoms with van der Waals surface area (Å²) >= 11 is 0. The maximum absolute atomic E-state index is 12.5. The number of aromatic amines is 1. The van der Waals surface area contributed by atoms with Crippen molar-refractivity contribution < 1.29 is 13.2 Å². The lowest BCUT2D eigenvalue weighted by molar-refractivity contribution is -0.141. The Labute approximate surface area is 168 Å². The Morgan fingerprint density at radius 3 is 2.60 bits per heavy atom. The SMILES string of the molecule is N#Cc1cnc2[nH]cc(Cc3ccc(N=Cc4ccc(C(F)(F)F)nc4)nc3)c2c1. The summed E-state index contributed by atoms with van der Waals surface area (Å²) < 4.78 is 37.6. The van der Waals surface area contributed by atoms with Crippen LogP contribution in [-0.2, 0) is 12.6 Å². The summed E-state index contributed by atoms with van der Waals surface area (Å²) in [6, 6.07) is 9.66. The number of hydrogen-bond donors (Lipinski definition) is 1. The molecule has 0 atom stereocenters. The number of alkyl halides is 3. The van der Waals surface area contributed by atoms with Gasteiger partial charge in [-0.2, -0.15) is 18.4 Å². The van der Waals surface area contributed by atoms with Crippen LogP contribution >= 0.6 is 0 Å². The van der Waals surface area contributed by atoms with Gasteiger partial charge in [-0.3, -0.25) is 4.98 Å². The molecule has 1 N–H and O–H groups in total. The first-order valence-corrected chi connectivity index (χ1v) is 8.81. The number of nitrogens with zero attached hydrogens (tertiary/aromatic N) is 5. The van der Waals surface area contributed by atoms with Crippen molar-refractivity contribution in [2.75, 3.05) is 0 Å². The molecule has 148 valence electrons. The van der Waals surface area contributed by atoms with Crippen molar-refractivity contribution in [2.24, 2.45) is 4.99 Å². The number of aliphatic imine (C=N–C) groups is 1. The fraction of sp³-hybridized carbons (Fsp3) is 0.0952. The second-order valence-corrected chi connectivity index (χ2v) is 6.48. The van der Waals surface area contributed by atoms with Crippen molar-refractivity contribution in [1.29, 1.82) is 5.26 Å². The van der Waals surface area contributed by atoms with E-state index >= 15 is 0 Å². The van der Waals surface area contributed by atoms with Crippen LogP contribution in [0.25, 0.3) is 11.0 Å². The highest BCUT2D eigenvalue weighted by atomic mass is 19.4. The van der Waals surface area contributed by atoms with Crippen LogP contribution in [0.2, 0.25) is 0 Å². The van der Waals surface area contributed by atoms with E-state index in [0.717, 1.165) is 28.8 Å². The molecule has 0 radical (unpaired) electrons. The highest BCUT2D eigenvalue weighted by Crippen LogP contribution is 2.27. The summed E-state index contributed by atoms with van der Waals surface area (Å²) in [6.07, 6.45) is 3.69. The second kappa shape index (κ2) is 7.75. The zero-order valence-electron chi connectivity index (χ0n) is 15.4. The van der Waals surface area contributed by atoms with Gasteiger partial charge in [0.1, 0.15) is 17.4 Å². The third kappa shape index (κ3) is 4.17. The first-order chi connectivity index (χ1) is 14.4. The van der Waals surface area contributed by atoms with E-state index in [0.29, 0.717) is 29.0 Å². The zero-order valence-corrected chi connectivity index (χ0v) is 15.4. The maximum Gasteiger partial charge on any atom is 0.433 e. The van der Waals surface area contributed by atoms with Crippen LogP contribution in [0.4, 0.5) is 19.0 Å². The normalized spacial score (nSPS) is 11.8. The minimum absolute atomic E-state index is 0.422. The standard InChI is InChI=1S/C21H13F3N6/c22-21(23,24)18-3-1-14(9-26-18)10-28-19-4-2-13(8-27-19)5-16-12-30-20-17(16)6-15(7-25)11-29-20/h1-4,6,8-12H,5H2,(H,29,30). The van der Waals surface area contributed by atoms with E-state index in [1.165, 1.54) is 18.5 Å². The van der Waals surface area contributed by atoms with E-state index in [-0.39, 0.29) is 0 Å². The van der Waals surface area contributed by atoms with Crippen LogP contribution in [0.5, 0.6) is 0 Å². The largest absolute Gasteiger partial charge is 0.433 e. The number of halogens is 3. The smallest absolute Gasteiger partial charge is 0.346 e. The highest BCUT2D eigenvalue weighted by molar-refractivity contribution is 5.82. The molecule has 4 aromatic rings. The van der Waals surface area contributed by atoms with Crippen LogP contribution in [0.3, 0.4) is 0 Å². The van der Waals surface area contributed by atoms with Crippen LogP contribution in [0.15, 0.2) is 60.1 Å². The molecule has 30 heavy (non-hydrogen) atoms. The van der Waals surface area contributed by atoms with Gasteiger partial charge < -0.3 is 4.98 Å². The Morgan fingerprint density at radius 1 is 1.07 bits per heavy atom. The molecule has 0 saturated carbocycles. The van der Waals surface area contributed by atoms with Crippen LogP contribution in [-0.4, -0.2) is 26.2 Å². The topological polar surface area (TPSA) is 90.6 Å². The van der Waals surface area contributed by atoms with E-state index in [2.05, 4.69) is 31.0 Å². The zero-order chi connectivity index (χ0) is 21.1. The molecule has 0 spiro atoms. The molecule has 0 saturated heterocycles. The highest BCUT2D eigenvalue weighted by Gasteiger charge is 2.31. The molecule has 6 nitrogen and oxygen atoms in total. The van der Waals surface area contributed by atoms with Gasteiger partial charge in [0.2, 0.25) is 0 Å². The number of pyridine rings is 3. The molecule has 0 aliphatic heterocycles. The van der Waals surface area contributed by atoms with Gasteiger partial charge in [-0.1, -0.05) is 6.07 Å². The number of aromatic nitrogens is 4. The molecule has 4 heterocycles. The molecule has 0 aromatic carbocycles. The Morgan fingerprint density at radius 2 is 1.93 bits per heavy atom. The lowest BCUT2D eigenvalue weighted by atomic mass is 10.1. The predicted octanol–water partition coefficient (Wildman–Crippen LogP) is 4.58. The second-order valence-electron chi connectivity index (χ2n) is 6.48. The molecule has 9 heteroatoms. The monoisotopic (exact) mass is 406 g/mol. The van der Waals surface area contributed by atoms with Crippen molar-refractivity contribution in [3.05, 3.63) is 83.1 Å². The molecule has 0 fully saturated rings. The summed E-state index contributed by atoms with van der Waals surface area (Å²) in [6.45, 7) is 0. The quantitative estimate of drug-likeness (QED) is 0.502. The van der Waals surface area contributed by atoms with Crippen LogP contribution in [0.1, 0.15) is 27.9 Å². The molecule has 0 unspecified atom stereocenters. The number of hydrogen-bond acceptors (Lipinski definition) is 5. The van der Waals surface area contributed by atoms with Crippen molar-refractivity contribution in [2.45, 2.75) is 12.6 Å². The van der Waals surface area contributed by atoms with E-state index in [1.54, 1.807) is 18.3 Å². The summed E-state index contributed by atoms with van der Waals surface area (Å²) in [5.74, 6) is 0.422. The first-order valence-electron chi connectivity index (χ1n) is 8.81. The van der Waals surface area contributed by atoms with Gasteiger partial charge in [0.25, 0.3) is 0 Å². The average molecular weight is 406 g/mol. The lowest BCUT2D eigenvalue weighted by Crippen LogP contribution is -2.07. The van der Waals surface area contributed by atoms with Gasteiger partial charge in [0, 0.05) is 48.4 Å². The number of rotatable bonds is 4. The van der Waals surface area contributed by atoms with Gasteiger partial charge in [0.15, 0.2) is 5.82 Å². The third-order valence-electron chi connectivity index (χ3n) is 4.37. The first kappa shape index (κ1) is 19.3. The van der Waals surface area contributed by atoms with Crippen molar-refractivity contribution in [1.82, 2.24) is 19.9 Å². The number of nitriles is 1. The van der Waals surface area contributed by atoms with Gasteiger partial charge in [-0.25, -0.2) is 15.0 Å². The summed E-state index contributed by atoms with van der Waals surface area (Å²) in [7, 11) is 0. The predicted molar refractivity (Wildman–Crippen MR) is 104 cm³/mol. The van der Waals surface area contributed by atoms with Gasteiger partial charge in [0.05, 0.1) is 5.56 Å². The van der Waals surface area contributed by atoms with E-state index in [9.17, 15) is 13.2 Å². The Hall–Kier alpha value is -4.06. The summed E-state index contributed by atoms with van der Waals surface area (Å²) in [4.78, 5) is 19.1. The van der Waals surface area contributed by atoms with Crippen LogP contribution < -0.4 is 0 Å².